The van der Waals surface area contributed by atoms with Crippen LogP contribution in [0.25, 0.3) is 0 Å². The number of nitrogens with zero attached hydrogens (tertiary/aromatic N) is 4. The Morgan fingerprint density at radius 2 is 2.24 bits per heavy atom. The molecular formula is C14H15N5O2. The van der Waals surface area contributed by atoms with Gasteiger partial charge in [-0.05, 0) is 19.9 Å². The van der Waals surface area contributed by atoms with E-state index < -0.39 is 5.97 Å². The van der Waals surface area contributed by atoms with Crippen LogP contribution in [-0.2, 0) is 11.2 Å². The molecule has 0 bridgehead atoms. The van der Waals surface area contributed by atoms with Gasteiger partial charge in [-0.2, -0.15) is 4.98 Å². The van der Waals surface area contributed by atoms with Crippen molar-refractivity contribution >= 4 is 23.7 Å². The topological polar surface area (TPSA) is 88.8 Å². The number of nitrogens with one attached hydrogen (secondary N) is 1. The maximum absolute atomic E-state index is 12.1. The fourth-order valence-electron chi connectivity index (χ4n) is 2.06. The molecule has 3 rings (SSSR count). The van der Waals surface area contributed by atoms with Crippen LogP contribution >= 0.6 is 0 Å². The molecule has 0 amide bonds. The van der Waals surface area contributed by atoms with Crippen LogP contribution in [0.4, 0.5) is 5.69 Å². The zero-order valence-electron chi connectivity index (χ0n) is 11.8. The van der Waals surface area contributed by atoms with Crippen molar-refractivity contribution in [2.24, 2.45) is 9.98 Å². The van der Waals surface area contributed by atoms with Gasteiger partial charge in [0.1, 0.15) is 17.9 Å². The van der Waals surface area contributed by atoms with Crippen molar-refractivity contribution in [1.29, 1.82) is 0 Å². The molecule has 7 heteroatoms. The molecule has 0 atom stereocenters. The number of ether oxygens (including phenoxy) is 1. The van der Waals surface area contributed by atoms with Crippen LogP contribution < -0.4 is 10.1 Å². The molecule has 0 unspecified atom stereocenters. The van der Waals surface area contributed by atoms with Gasteiger partial charge in [-0.3, -0.25) is 9.98 Å². The Labute approximate surface area is 121 Å². The maximum Gasteiger partial charge on any atom is 0.342 e. The Morgan fingerprint density at radius 3 is 3.05 bits per heavy atom. The molecule has 0 saturated heterocycles. The summed E-state index contributed by atoms with van der Waals surface area (Å²) in [6, 6.07) is 0.259. The molecule has 2 aliphatic rings. The van der Waals surface area contributed by atoms with E-state index in [-0.39, 0.29) is 11.9 Å². The second-order valence-electron chi connectivity index (χ2n) is 5.05. The Balaban J connectivity index is 1.71. The summed E-state index contributed by atoms with van der Waals surface area (Å²) in [6.07, 6.45) is 5.43. The van der Waals surface area contributed by atoms with E-state index in [0.29, 0.717) is 30.1 Å². The number of rotatable bonds is 3. The zero-order valence-corrected chi connectivity index (χ0v) is 11.8. The Kier molecular flexibility index (Phi) is 3.47. The summed E-state index contributed by atoms with van der Waals surface area (Å²) in [5.41, 5.74) is 1.80. The normalized spacial score (nSPS) is 15.8. The van der Waals surface area contributed by atoms with E-state index in [1.165, 1.54) is 6.33 Å². The first-order valence-corrected chi connectivity index (χ1v) is 6.73. The molecule has 21 heavy (non-hydrogen) atoms. The number of carbonyl (C=O) groups excluding carboxylic acids is 1. The molecule has 0 aliphatic carbocycles. The van der Waals surface area contributed by atoms with Gasteiger partial charge in [-0.15, -0.1) is 0 Å². The van der Waals surface area contributed by atoms with Crippen molar-refractivity contribution in [2.75, 3.05) is 6.54 Å². The van der Waals surface area contributed by atoms with E-state index in [2.05, 4.69) is 25.3 Å². The minimum Gasteiger partial charge on any atom is -0.402 e. The van der Waals surface area contributed by atoms with Crippen LogP contribution in [0.2, 0.25) is 0 Å². The third-order valence-electron chi connectivity index (χ3n) is 2.99. The third kappa shape index (κ3) is 2.81. The van der Waals surface area contributed by atoms with Gasteiger partial charge in [0.05, 0.1) is 17.8 Å². The molecule has 1 aromatic heterocycles. The van der Waals surface area contributed by atoms with Crippen LogP contribution in [0.1, 0.15) is 19.5 Å². The first-order chi connectivity index (χ1) is 10.1. The van der Waals surface area contributed by atoms with E-state index in [4.69, 9.17) is 4.74 Å². The highest BCUT2D eigenvalue weighted by molar-refractivity contribution is 6.05. The van der Waals surface area contributed by atoms with E-state index in [1.807, 2.05) is 13.8 Å². The van der Waals surface area contributed by atoms with Crippen LogP contribution in [0.5, 0.6) is 5.88 Å². The lowest BCUT2D eigenvalue weighted by Gasteiger charge is -2.07. The lowest BCUT2D eigenvalue weighted by molar-refractivity contribution is -0.130. The lowest BCUT2D eigenvalue weighted by atomic mass is 10.2. The number of hydrogen-bond acceptors (Lipinski definition) is 7. The molecule has 1 aromatic rings. The van der Waals surface area contributed by atoms with Crippen molar-refractivity contribution in [2.45, 2.75) is 26.3 Å². The van der Waals surface area contributed by atoms with Crippen molar-refractivity contribution in [3.8, 4) is 5.88 Å². The monoisotopic (exact) mass is 285 g/mol. The van der Waals surface area contributed by atoms with Crippen LogP contribution in [0, 0.1) is 0 Å². The van der Waals surface area contributed by atoms with Gasteiger partial charge >= 0.3 is 5.97 Å². The third-order valence-corrected chi connectivity index (χ3v) is 2.99. The Bertz CT molecular complexity index is 676. The quantitative estimate of drug-likeness (QED) is 0.836. The fourth-order valence-corrected chi connectivity index (χ4v) is 2.06. The van der Waals surface area contributed by atoms with Crippen LogP contribution in [0.15, 0.2) is 28.0 Å². The molecule has 3 heterocycles. The highest BCUT2D eigenvalue weighted by Gasteiger charge is 2.22. The molecule has 0 aromatic carbocycles. The number of esters is 1. The summed E-state index contributed by atoms with van der Waals surface area (Å²) in [5, 5.41) is 3.15. The summed E-state index contributed by atoms with van der Waals surface area (Å²) in [5.74, 6) is 0.440. The number of aliphatic imine (C=N–C) groups is 2. The molecular weight excluding hydrogens is 270 g/mol. The number of aromatic nitrogens is 2. The molecule has 1 N–H and O–H groups in total. The first kappa shape index (κ1) is 13.4. The average Bonchev–Trinajstić information content (AvgIpc) is 3.07. The van der Waals surface area contributed by atoms with Gasteiger partial charge < -0.3 is 10.1 Å². The number of amidine groups is 1. The number of fused-ring (bicyclic) bond motifs is 1. The molecule has 108 valence electrons. The van der Waals surface area contributed by atoms with Gasteiger partial charge in [-0.25, -0.2) is 9.78 Å². The van der Waals surface area contributed by atoms with Crippen molar-refractivity contribution in [1.82, 2.24) is 15.3 Å². The second kappa shape index (κ2) is 5.43. The fraction of sp³-hybridized carbons (Fsp3) is 0.357. The minimum absolute atomic E-state index is 0.199. The van der Waals surface area contributed by atoms with Crippen molar-refractivity contribution in [3.05, 3.63) is 23.7 Å². The molecule has 2 aliphatic heterocycles. The summed E-state index contributed by atoms with van der Waals surface area (Å²) in [6.45, 7) is 4.33. The zero-order chi connectivity index (χ0) is 14.8. The lowest BCUT2D eigenvalue weighted by Crippen LogP contribution is -2.27. The van der Waals surface area contributed by atoms with Crippen LogP contribution in [-0.4, -0.2) is 40.6 Å². The highest BCUT2D eigenvalue weighted by atomic mass is 16.5. The largest absolute Gasteiger partial charge is 0.402 e. The van der Waals surface area contributed by atoms with Gasteiger partial charge in [0, 0.05) is 18.7 Å². The minimum atomic E-state index is -0.456. The smallest absolute Gasteiger partial charge is 0.342 e. The summed E-state index contributed by atoms with van der Waals surface area (Å²) in [7, 11) is 0. The predicted octanol–water partition coefficient (Wildman–Crippen LogP) is 0.977. The molecule has 0 spiro atoms. The van der Waals surface area contributed by atoms with Gasteiger partial charge in [0.2, 0.25) is 0 Å². The average molecular weight is 285 g/mol. The van der Waals surface area contributed by atoms with Gasteiger partial charge in [0.15, 0.2) is 0 Å². The summed E-state index contributed by atoms with van der Waals surface area (Å²) in [4.78, 5) is 28.6. The maximum atomic E-state index is 12.1. The van der Waals surface area contributed by atoms with E-state index >= 15 is 0 Å². The summed E-state index contributed by atoms with van der Waals surface area (Å²) >= 11 is 0. The van der Waals surface area contributed by atoms with E-state index in [0.717, 1.165) is 5.69 Å². The Hall–Kier alpha value is -2.57. The molecule has 0 radical (unpaired) electrons. The predicted molar refractivity (Wildman–Crippen MR) is 78.2 cm³/mol. The summed E-state index contributed by atoms with van der Waals surface area (Å²) < 4.78 is 5.32. The number of hydrogen-bond donors (Lipinski definition) is 1. The Morgan fingerprint density at radius 1 is 1.38 bits per heavy atom. The van der Waals surface area contributed by atoms with Crippen molar-refractivity contribution in [3.63, 3.8) is 0 Å². The molecule has 0 saturated carbocycles. The standard InChI is InChI=1S/C14H15N5O2/c1-8(2)19-11-5-9(6-16-11)14(20)21-13-12-10(3-4-15-12)17-7-18-13/h4-5,7-8H,3,6H2,1-2H3,(H,16,19). The van der Waals surface area contributed by atoms with Gasteiger partial charge in [-0.1, -0.05) is 0 Å². The van der Waals surface area contributed by atoms with Crippen LogP contribution in [0.3, 0.4) is 0 Å². The van der Waals surface area contributed by atoms with E-state index in [1.54, 1.807) is 12.3 Å². The van der Waals surface area contributed by atoms with E-state index in [9.17, 15) is 4.79 Å². The second-order valence-corrected chi connectivity index (χ2v) is 5.05. The molecule has 0 fully saturated rings. The SMILES string of the molecule is CC(C)NC1=NCC(C(=O)Oc2ncnc3c2N=CC3)=C1. The first-order valence-electron chi connectivity index (χ1n) is 6.73. The highest BCUT2D eigenvalue weighted by Crippen LogP contribution is 2.31. The number of carbonyl (C=O) groups is 1. The molecule has 7 nitrogen and oxygen atoms in total. The van der Waals surface area contributed by atoms with Crippen molar-refractivity contribution < 1.29 is 9.53 Å². The van der Waals surface area contributed by atoms with Gasteiger partial charge in [0.25, 0.3) is 5.88 Å².